The molecule has 0 bridgehead atoms. The molecule has 2 aromatic rings. The summed E-state index contributed by atoms with van der Waals surface area (Å²) in [5, 5.41) is 0. The molecule has 2 aliphatic heterocycles. The molecule has 1 amide bonds. The molecule has 5 nitrogen and oxygen atoms in total. The smallest absolute Gasteiger partial charge is 0.229 e. The molecule has 1 fully saturated rings. The van der Waals surface area contributed by atoms with Crippen molar-refractivity contribution in [3.05, 3.63) is 60.2 Å². The first-order valence-electron chi connectivity index (χ1n) is 8.86. The second-order valence-electron chi connectivity index (χ2n) is 6.73. The van der Waals surface area contributed by atoms with E-state index in [1.165, 1.54) is 11.1 Å². The van der Waals surface area contributed by atoms with E-state index in [1.807, 2.05) is 40.9 Å². The monoisotopic (exact) mass is 337 g/mol. The molecule has 25 heavy (non-hydrogen) atoms. The van der Waals surface area contributed by atoms with Crippen LogP contribution in [0.15, 0.2) is 48.8 Å². The van der Waals surface area contributed by atoms with Gasteiger partial charge in [0.1, 0.15) is 11.9 Å². The van der Waals surface area contributed by atoms with Gasteiger partial charge in [0.2, 0.25) is 5.91 Å². The number of hydrogen-bond acceptors (Lipinski definition) is 3. The highest BCUT2D eigenvalue weighted by Gasteiger charge is 2.39. The van der Waals surface area contributed by atoms with Gasteiger partial charge in [-0.05, 0) is 24.0 Å². The summed E-state index contributed by atoms with van der Waals surface area (Å²) in [4.78, 5) is 19.6. The lowest BCUT2D eigenvalue weighted by atomic mass is 9.96. The van der Waals surface area contributed by atoms with Crippen LogP contribution in [0, 0.1) is 5.92 Å². The Morgan fingerprint density at radius 3 is 2.88 bits per heavy atom. The zero-order valence-electron chi connectivity index (χ0n) is 14.5. The number of ether oxygens (including phenoxy) is 1. The lowest BCUT2D eigenvalue weighted by Crippen LogP contribution is -2.40. The Morgan fingerprint density at radius 1 is 1.28 bits per heavy atom. The Bertz CT molecular complexity index is 781. The highest BCUT2D eigenvalue weighted by molar-refractivity contribution is 5.83. The number of imidazole rings is 1. The van der Waals surface area contributed by atoms with Gasteiger partial charge in [0.25, 0.3) is 0 Å². The van der Waals surface area contributed by atoms with Gasteiger partial charge in [0, 0.05) is 39.1 Å². The molecule has 1 saturated heterocycles. The Labute approximate surface area is 147 Å². The molecule has 0 saturated carbocycles. The molecule has 5 heteroatoms. The molecular weight excluding hydrogens is 314 g/mol. The molecule has 0 N–H and O–H groups in total. The standard InChI is InChI=1S/C20H23N3O2/c1-22-12-10-21-19(22)18-17(9-13-25-18)20(24)23-11-5-8-16(14-23)15-6-3-2-4-7-15/h2-4,6-8,10,12,17-18H,5,9,11,13-14H2,1H3/t17-,18-/m1/s1. The van der Waals surface area contributed by atoms with Gasteiger partial charge in [-0.15, -0.1) is 0 Å². The Hall–Kier alpha value is -2.40. The van der Waals surface area contributed by atoms with Crippen LogP contribution < -0.4 is 0 Å². The minimum Gasteiger partial charge on any atom is -0.369 e. The van der Waals surface area contributed by atoms with Crippen molar-refractivity contribution in [2.75, 3.05) is 19.7 Å². The average Bonchev–Trinajstić information content (AvgIpc) is 3.30. The van der Waals surface area contributed by atoms with Crippen molar-refractivity contribution in [2.45, 2.75) is 18.9 Å². The maximum atomic E-state index is 13.2. The summed E-state index contributed by atoms with van der Waals surface area (Å²) < 4.78 is 7.81. The van der Waals surface area contributed by atoms with Crippen LogP contribution in [-0.4, -0.2) is 40.1 Å². The van der Waals surface area contributed by atoms with Crippen LogP contribution in [0.2, 0.25) is 0 Å². The Morgan fingerprint density at radius 2 is 2.12 bits per heavy atom. The third kappa shape index (κ3) is 3.12. The SMILES string of the molecule is Cn1ccnc1[C@@H]1OCC[C@H]1C(=O)N1CCC=C(c2ccccc2)C1. The van der Waals surface area contributed by atoms with Crippen LogP contribution in [0.4, 0.5) is 0 Å². The van der Waals surface area contributed by atoms with Gasteiger partial charge in [-0.1, -0.05) is 36.4 Å². The molecule has 2 atom stereocenters. The van der Waals surface area contributed by atoms with E-state index in [2.05, 4.69) is 23.2 Å². The summed E-state index contributed by atoms with van der Waals surface area (Å²) >= 11 is 0. The van der Waals surface area contributed by atoms with E-state index in [1.54, 1.807) is 6.20 Å². The fourth-order valence-electron chi connectivity index (χ4n) is 3.78. The zero-order valence-corrected chi connectivity index (χ0v) is 14.5. The van der Waals surface area contributed by atoms with Crippen molar-refractivity contribution < 1.29 is 9.53 Å². The molecule has 1 aromatic heterocycles. The molecular formula is C20H23N3O2. The molecule has 4 rings (SSSR count). The van der Waals surface area contributed by atoms with Crippen LogP contribution in [0.25, 0.3) is 5.57 Å². The summed E-state index contributed by atoms with van der Waals surface area (Å²) in [5.74, 6) is 0.884. The van der Waals surface area contributed by atoms with Crippen molar-refractivity contribution in [1.82, 2.24) is 14.5 Å². The van der Waals surface area contributed by atoms with Crippen LogP contribution in [0.5, 0.6) is 0 Å². The number of aryl methyl sites for hydroxylation is 1. The van der Waals surface area contributed by atoms with E-state index >= 15 is 0 Å². The maximum absolute atomic E-state index is 13.2. The lowest BCUT2D eigenvalue weighted by molar-refractivity contribution is -0.137. The van der Waals surface area contributed by atoms with Gasteiger partial charge in [0.05, 0.1) is 5.92 Å². The van der Waals surface area contributed by atoms with Gasteiger partial charge in [0.15, 0.2) is 0 Å². The average molecular weight is 337 g/mol. The van der Waals surface area contributed by atoms with Crippen LogP contribution in [-0.2, 0) is 16.6 Å². The molecule has 130 valence electrons. The Kier molecular flexibility index (Phi) is 4.40. The molecule has 0 unspecified atom stereocenters. The molecule has 0 aliphatic carbocycles. The summed E-state index contributed by atoms with van der Waals surface area (Å²) in [7, 11) is 1.95. The van der Waals surface area contributed by atoms with E-state index in [-0.39, 0.29) is 17.9 Å². The summed E-state index contributed by atoms with van der Waals surface area (Å²) in [6.45, 7) is 2.06. The van der Waals surface area contributed by atoms with Crippen LogP contribution in [0.1, 0.15) is 30.3 Å². The van der Waals surface area contributed by atoms with Gasteiger partial charge in [-0.25, -0.2) is 4.98 Å². The Balaban J connectivity index is 1.51. The fraction of sp³-hybridized carbons (Fsp3) is 0.400. The van der Waals surface area contributed by atoms with Gasteiger partial charge >= 0.3 is 0 Å². The number of carbonyl (C=O) groups excluding carboxylic acids is 1. The second-order valence-corrected chi connectivity index (χ2v) is 6.73. The topological polar surface area (TPSA) is 47.4 Å². The van der Waals surface area contributed by atoms with E-state index < -0.39 is 0 Å². The third-order valence-corrected chi connectivity index (χ3v) is 5.13. The number of amides is 1. The first-order chi connectivity index (χ1) is 12.2. The van der Waals surface area contributed by atoms with Crippen LogP contribution >= 0.6 is 0 Å². The fourth-order valence-corrected chi connectivity index (χ4v) is 3.78. The predicted molar refractivity (Wildman–Crippen MR) is 95.6 cm³/mol. The molecule has 3 heterocycles. The molecule has 0 spiro atoms. The first kappa shape index (κ1) is 16.1. The third-order valence-electron chi connectivity index (χ3n) is 5.13. The van der Waals surface area contributed by atoms with E-state index in [4.69, 9.17) is 4.74 Å². The van der Waals surface area contributed by atoms with Crippen molar-refractivity contribution in [1.29, 1.82) is 0 Å². The maximum Gasteiger partial charge on any atom is 0.229 e. The minimum atomic E-state index is -0.237. The number of hydrogen-bond donors (Lipinski definition) is 0. The zero-order chi connectivity index (χ0) is 17.2. The van der Waals surface area contributed by atoms with E-state index in [0.717, 1.165) is 25.2 Å². The largest absolute Gasteiger partial charge is 0.369 e. The van der Waals surface area contributed by atoms with Crippen LogP contribution in [0.3, 0.4) is 0 Å². The molecule has 1 aromatic carbocycles. The first-order valence-corrected chi connectivity index (χ1v) is 8.86. The van der Waals surface area contributed by atoms with Crippen molar-refractivity contribution in [2.24, 2.45) is 13.0 Å². The number of nitrogens with zero attached hydrogens (tertiary/aromatic N) is 3. The minimum absolute atomic E-state index is 0.142. The quantitative estimate of drug-likeness (QED) is 0.865. The van der Waals surface area contributed by atoms with Gasteiger partial charge in [-0.2, -0.15) is 0 Å². The number of aromatic nitrogens is 2. The van der Waals surface area contributed by atoms with Crippen molar-refractivity contribution >= 4 is 11.5 Å². The van der Waals surface area contributed by atoms with E-state index in [0.29, 0.717) is 13.2 Å². The molecule has 0 radical (unpaired) electrons. The summed E-state index contributed by atoms with van der Waals surface area (Å²) in [6, 6.07) is 10.3. The highest BCUT2D eigenvalue weighted by Crippen LogP contribution is 2.35. The summed E-state index contributed by atoms with van der Waals surface area (Å²) in [6.07, 6.45) is 7.33. The number of benzene rings is 1. The van der Waals surface area contributed by atoms with Gasteiger partial charge in [-0.3, -0.25) is 4.79 Å². The van der Waals surface area contributed by atoms with Crippen molar-refractivity contribution in [3.63, 3.8) is 0 Å². The lowest BCUT2D eigenvalue weighted by Gasteiger charge is -2.31. The number of rotatable bonds is 3. The normalized spacial score (nSPS) is 23.6. The van der Waals surface area contributed by atoms with Crippen molar-refractivity contribution in [3.8, 4) is 0 Å². The summed E-state index contributed by atoms with van der Waals surface area (Å²) in [5.41, 5.74) is 2.43. The number of carbonyl (C=O) groups is 1. The predicted octanol–water partition coefficient (Wildman–Crippen LogP) is 2.81. The van der Waals surface area contributed by atoms with Gasteiger partial charge < -0.3 is 14.2 Å². The van der Waals surface area contributed by atoms with E-state index in [9.17, 15) is 4.79 Å². The highest BCUT2D eigenvalue weighted by atomic mass is 16.5. The second kappa shape index (κ2) is 6.84. The molecule has 2 aliphatic rings.